The lowest BCUT2D eigenvalue weighted by molar-refractivity contribution is 0.197. The summed E-state index contributed by atoms with van der Waals surface area (Å²) in [6.45, 7) is 4.43. The van der Waals surface area contributed by atoms with Crippen LogP contribution in [0.3, 0.4) is 0 Å². The van der Waals surface area contributed by atoms with Gasteiger partial charge in [0.15, 0.2) is 0 Å². The standard InChI is InChI=1S/C10H24N2Si/c1-7-9-13(8-2)10(11(3)4)12(5)6/h7,9-10,13H,8H2,1-6H3. The predicted molar refractivity (Wildman–Crippen MR) is 63.6 cm³/mol. The summed E-state index contributed by atoms with van der Waals surface area (Å²) >= 11 is 0. The number of rotatable bonds is 5. The zero-order valence-corrected chi connectivity index (χ0v) is 11.1. The second kappa shape index (κ2) is 6.35. The van der Waals surface area contributed by atoms with Crippen LogP contribution in [0.2, 0.25) is 6.04 Å². The van der Waals surface area contributed by atoms with Crippen LogP contribution in [0.4, 0.5) is 0 Å². The summed E-state index contributed by atoms with van der Waals surface area (Å²) in [6.07, 6.45) is 2.21. The number of allylic oxidation sites excluding steroid dienone is 1. The molecule has 0 aliphatic carbocycles. The molecule has 1 unspecified atom stereocenters. The summed E-state index contributed by atoms with van der Waals surface area (Å²) in [5, 5.41) is 0. The highest BCUT2D eigenvalue weighted by atomic mass is 28.3. The van der Waals surface area contributed by atoms with Gasteiger partial charge in [-0.3, -0.25) is 9.80 Å². The van der Waals surface area contributed by atoms with Crippen LogP contribution in [0, 0.1) is 0 Å². The predicted octanol–water partition coefficient (Wildman–Crippen LogP) is 1.34. The quantitative estimate of drug-likeness (QED) is 0.488. The van der Waals surface area contributed by atoms with Crippen molar-refractivity contribution in [3.05, 3.63) is 11.8 Å². The maximum Gasteiger partial charge on any atom is 0.0978 e. The molecule has 0 rings (SSSR count). The van der Waals surface area contributed by atoms with E-state index in [0.29, 0.717) is 5.79 Å². The zero-order valence-electron chi connectivity index (χ0n) is 9.91. The normalized spacial score (nSPS) is 15.2. The lowest BCUT2D eigenvalue weighted by atomic mass is 10.7. The van der Waals surface area contributed by atoms with E-state index in [1.165, 1.54) is 6.04 Å². The van der Waals surface area contributed by atoms with Crippen LogP contribution in [-0.2, 0) is 0 Å². The molecule has 0 heterocycles. The highest BCUT2D eigenvalue weighted by molar-refractivity contribution is 6.65. The van der Waals surface area contributed by atoms with Crippen molar-refractivity contribution >= 4 is 8.80 Å². The van der Waals surface area contributed by atoms with Crippen molar-refractivity contribution in [1.29, 1.82) is 0 Å². The zero-order chi connectivity index (χ0) is 10.4. The number of hydrogen-bond donors (Lipinski definition) is 0. The fourth-order valence-electron chi connectivity index (χ4n) is 1.92. The Morgan fingerprint density at radius 1 is 1.15 bits per heavy atom. The Morgan fingerprint density at radius 3 is 1.85 bits per heavy atom. The summed E-state index contributed by atoms with van der Waals surface area (Å²) in [5.41, 5.74) is 2.44. The van der Waals surface area contributed by atoms with Crippen molar-refractivity contribution in [3.8, 4) is 0 Å². The second-order valence-corrected chi connectivity index (χ2v) is 7.06. The van der Waals surface area contributed by atoms with Gasteiger partial charge in [-0.1, -0.05) is 24.7 Å². The molecule has 0 saturated carbocycles. The van der Waals surface area contributed by atoms with Gasteiger partial charge >= 0.3 is 0 Å². The van der Waals surface area contributed by atoms with Gasteiger partial charge in [-0.15, -0.1) is 0 Å². The molecule has 0 amide bonds. The molecule has 0 fully saturated rings. The van der Waals surface area contributed by atoms with Crippen molar-refractivity contribution in [1.82, 2.24) is 9.80 Å². The van der Waals surface area contributed by atoms with Crippen molar-refractivity contribution in [3.63, 3.8) is 0 Å². The third-order valence-corrected chi connectivity index (χ3v) is 6.13. The van der Waals surface area contributed by atoms with Crippen molar-refractivity contribution in [2.45, 2.75) is 25.7 Å². The van der Waals surface area contributed by atoms with Gasteiger partial charge in [0.2, 0.25) is 0 Å². The van der Waals surface area contributed by atoms with E-state index >= 15 is 0 Å². The van der Waals surface area contributed by atoms with Crippen molar-refractivity contribution < 1.29 is 0 Å². The SMILES string of the molecule is CC=C[SiH](CC)C(N(C)C)N(C)C. The molecule has 78 valence electrons. The van der Waals surface area contributed by atoms with Crippen LogP contribution in [0.25, 0.3) is 0 Å². The summed E-state index contributed by atoms with van der Waals surface area (Å²) in [4.78, 5) is 4.67. The van der Waals surface area contributed by atoms with E-state index in [9.17, 15) is 0 Å². The maximum atomic E-state index is 2.44. The molecule has 0 aliphatic rings. The molecule has 13 heavy (non-hydrogen) atoms. The van der Waals surface area contributed by atoms with Crippen LogP contribution < -0.4 is 0 Å². The van der Waals surface area contributed by atoms with Gasteiger partial charge in [0.25, 0.3) is 0 Å². The summed E-state index contributed by atoms with van der Waals surface area (Å²) in [7, 11) is 7.91. The lowest BCUT2D eigenvalue weighted by Crippen LogP contribution is -2.50. The molecule has 0 aromatic heterocycles. The van der Waals surface area contributed by atoms with Gasteiger partial charge in [-0.2, -0.15) is 0 Å². The third-order valence-electron chi connectivity index (χ3n) is 2.35. The Hall–Kier alpha value is -0.123. The van der Waals surface area contributed by atoms with Gasteiger partial charge in [0.05, 0.1) is 14.6 Å². The van der Waals surface area contributed by atoms with E-state index in [2.05, 4.69) is 63.6 Å². The second-order valence-electron chi connectivity index (χ2n) is 3.94. The third kappa shape index (κ3) is 4.07. The highest BCUT2D eigenvalue weighted by Crippen LogP contribution is 2.08. The molecule has 2 nitrogen and oxygen atoms in total. The molecular weight excluding hydrogens is 176 g/mol. The Bertz CT molecular complexity index is 147. The van der Waals surface area contributed by atoms with Crippen LogP contribution in [0.1, 0.15) is 13.8 Å². The first-order valence-corrected chi connectivity index (χ1v) is 7.15. The molecule has 0 spiro atoms. The van der Waals surface area contributed by atoms with Crippen LogP contribution >= 0.6 is 0 Å². The summed E-state index contributed by atoms with van der Waals surface area (Å²) < 4.78 is 0. The molecule has 0 N–H and O–H groups in total. The first-order valence-electron chi connectivity index (χ1n) is 5.00. The van der Waals surface area contributed by atoms with E-state index in [-0.39, 0.29) is 0 Å². The van der Waals surface area contributed by atoms with E-state index in [0.717, 1.165) is 0 Å². The molecule has 0 radical (unpaired) electrons. The molecular formula is C10H24N2Si. The van der Waals surface area contributed by atoms with Crippen LogP contribution in [0.15, 0.2) is 11.8 Å². The van der Waals surface area contributed by atoms with E-state index in [1.54, 1.807) is 0 Å². The summed E-state index contributed by atoms with van der Waals surface area (Å²) in [6, 6.07) is 1.32. The van der Waals surface area contributed by atoms with Gasteiger partial charge in [-0.05, 0) is 35.1 Å². The smallest absolute Gasteiger partial charge is 0.0978 e. The largest absolute Gasteiger partial charge is 0.297 e. The minimum Gasteiger partial charge on any atom is -0.297 e. The molecule has 0 aliphatic heterocycles. The average Bonchev–Trinajstić information content (AvgIpc) is 2.02. The van der Waals surface area contributed by atoms with Crippen molar-refractivity contribution in [2.75, 3.05) is 28.2 Å². The monoisotopic (exact) mass is 200 g/mol. The molecule has 1 atom stereocenters. The Labute approximate surface area is 84.8 Å². The van der Waals surface area contributed by atoms with Gasteiger partial charge in [0.1, 0.15) is 0 Å². The maximum absolute atomic E-state index is 2.44. The number of nitrogens with zero attached hydrogens (tertiary/aromatic N) is 2. The highest BCUT2D eigenvalue weighted by Gasteiger charge is 2.22. The topological polar surface area (TPSA) is 6.48 Å². The van der Waals surface area contributed by atoms with Gasteiger partial charge in [-0.25, -0.2) is 0 Å². The van der Waals surface area contributed by atoms with Gasteiger partial charge in [0, 0.05) is 0 Å². The Balaban J connectivity index is 4.48. The molecule has 3 heteroatoms. The summed E-state index contributed by atoms with van der Waals surface area (Å²) in [5.74, 6) is 0.640. The van der Waals surface area contributed by atoms with Gasteiger partial charge < -0.3 is 0 Å². The Morgan fingerprint density at radius 2 is 1.62 bits per heavy atom. The average molecular weight is 200 g/mol. The first kappa shape index (κ1) is 12.9. The fraction of sp³-hybridized carbons (Fsp3) is 0.800. The number of hydrogen-bond acceptors (Lipinski definition) is 2. The van der Waals surface area contributed by atoms with E-state index in [1.807, 2.05) is 0 Å². The minimum atomic E-state index is -0.772. The molecule has 0 aromatic carbocycles. The van der Waals surface area contributed by atoms with E-state index in [4.69, 9.17) is 0 Å². The first-order chi connectivity index (χ1) is 6.04. The van der Waals surface area contributed by atoms with E-state index < -0.39 is 8.80 Å². The van der Waals surface area contributed by atoms with Crippen molar-refractivity contribution in [2.24, 2.45) is 0 Å². The molecule has 0 saturated heterocycles. The minimum absolute atomic E-state index is 0.640. The van der Waals surface area contributed by atoms with Crippen LogP contribution in [0.5, 0.6) is 0 Å². The van der Waals surface area contributed by atoms with Crippen LogP contribution in [-0.4, -0.2) is 52.6 Å². The molecule has 0 aromatic rings. The lowest BCUT2D eigenvalue weighted by Gasteiger charge is -2.34. The molecule has 0 bridgehead atoms. The fourth-order valence-corrected chi connectivity index (χ4v) is 4.84. The Kier molecular flexibility index (Phi) is 6.29.